The van der Waals surface area contributed by atoms with Gasteiger partial charge in [0.25, 0.3) is 0 Å². The van der Waals surface area contributed by atoms with E-state index in [2.05, 4.69) is 11.4 Å². The van der Waals surface area contributed by atoms with Crippen molar-refractivity contribution in [3.63, 3.8) is 0 Å². The molecule has 0 spiro atoms. The monoisotopic (exact) mass is 422 g/mol. The van der Waals surface area contributed by atoms with Crippen LogP contribution in [0.5, 0.6) is 0 Å². The summed E-state index contributed by atoms with van der Waals surface area (Å²) in [6.07, 6.45) is 1.79. The molecule has 1 amide bonds. The average molecular weight is 423 g/mol. The predicted molar refractivity (Wildman–Crippen MR) is 115 cm³/mol. The Bertz CT molecular complexity index is 943. The number of anilines is 1. The molecule has 0 saturated heterocycles. The van der Waals surface area contributed by atoms with Crippen molar-refractivity contribution in [3.8, 4) is 0 Å². The van der Waals surface area contributed by atoms with Gasteiger partial charge < -0.3 is 5.32 Å². The molecule has 0 aliphatic carbocycles. The zero-order valence-corrected chi connectivity index (χ0v) is 18.4. The molecule has 2 aromatic carbocycles. The summed E-state index contributed by atoms with van der Waals surface area (Å²) < 4.78 is 25.9. The Balaban J connectivity index is 2.30. The van der Waals surface area contributed by atoms with Gasteiger partial charge in [0.2, 0.25) is 15.9 Å². The molecule has 7 heteroatoms. The zero-order chi connectivity index (χ0) is 21.1. The van der Waals surface area contributed by atoms with Gasteiger partial charge in [0, 0.05) is 5.02 Å². The largest absolute Gasteiger partial charge is 0.347 e. The molecule has 0 heterocycles. The minimum absolute atomic E-state index is 0.192. The van der Waals surface area contributed by atoms with E-state index in [-0.39, 0.29) is 11.9 Å². The Kier molecular flexibility index (Phi) is 7.12. The van der Waals surface area contributed by atoms with E-state index in [1.165, 1.54) is 0 Å². The number of aryl methyl sites for hydroxylation is 2. The van der Waals surface area contributed by atoms with Crippen molar-refractivity contribution in [3.05, 3.63) is 64.2 Å². The summed E-state index contributed by atoms with van der Waals surface area (Å²) in [7, 11) is -3.67. The van der Waals surface area contributed by atoms with Crippen molar-refractivity contribution < 1.29 is 13.2 Å². The molecule has 2 atom stereocenters. The number of hydrogen-bond donors (Lipinski definition) is 1. The lowest BCUT2D eigenvalue weighted by molar-refractivity contribution is -0.122. The van der Waals surface area contributed by atoms with Gasteiger partial charge in [-0.1, -0.05) is 42.3 Å². The highest BCUT2D eigenvalue weighted by atomic mass is 35.5. The molecular formula is C21H27ClN2O3S. The Hall–Kier alpha value is -2.05. The van der Waals surface area contributed by atoms with Gasteiger partial charge in [-0.25, -0.2) is 8.42 Å². The molecule has 0 aromatic heterocycles. The first-order valence-electron chi connectivity index (χ1n) is 9.17. The fraction of sp³-hybridized carbons (Fsp3) is 0.381. The normalized spacial score (nSPS) is 13.6. The first-order valence-corrected chi connectivity index (χ1v) is 11.4. The highest BCUT2D eigenvalue weighted by Gasteiger charge is 2.30. The maximum Gasteiger partial charge on any atom is 0.244 e. The molecular weight excluding hydrogens is 396 g/mol. The molecule has 152 valence electrons. The minimum Gasteiger partial charge on any atom is -0.347 e. The van der Waals surface area contributed by atoms with Gasteiger partial charge in [0.15, 0.2) is 0 Å². The van der Waals surface area contributed by atoms with Crippen LogP contribution in [0.3, 0.4) is 0 Å². The summed E-state index contributed by atoms with van der Waals surface area (Å²) in [6.45, 7) is 7.60. The fourth-order valence-electron chi connectivity index (χ4n) is 3.31. The summed E-state index contributed by atoms with van der Waals surface area (Å²) in [5.74, 6) is -0.354. The van der Waals surface area contributed by atoms with Crippen LogP contribution in [0.4, 0.5) is 5.69 Å². The van der Waals surface area contributed by atoms with E-state index >= 15 is 0 Å². The molecule has 2 rings (SSSR count). The summed E-state index contributed by atoms with van der Waals surface area (Å²) in [5, 5.41) is 3.50. The third-order valence-electron chi connectivity index (χ3n) is 4.70. The minimum atomic E-state index is -3.67. The molecule has 0 saturated carbocycles. The van der Waals surface area contributed by atoms with Crippen LogP contribution in [0.25, 0.3) is 0 Å². The number of benzene rings is 2. The van der Waals surface area contributed by atoms with Crippen molar-refractivity contribution in [2.75, 3.05) is 10.6 Å². The second-order valence-corrected chi connectivity index (χ2v) is 9.34. The number of nitrogens with zero attached hydrogens (tertiary/aromatic N) is 1. The van der Waals surface area contributed by atoms with Crippen LogP contribution in [-0.2, 0) is 14.8 Å². The fourth-order valence-corrected chi connectivity index (χ4v) is 4.61. The first-order chi connectivity index (χ1) is 13.0. The van der Waals surface area contributed by atoms with Crippen LogP contribution in [0.2, 0.25) is 5.02 Å². The van der Waals surface area contributed by atoms with Crippen LogP contribution in [-0.4, -0.2) is 26.6 Å². The van der Waals surface area contributed by atoms with Crippen LogP contribution in [0, 0.1) is 13.8 Å². The second-order valence-electron chi connectivity index (χ2n) is 7.04. The lowest BCUT2D eigenvalue weighted by Crippen LogP contribution is -2.48. The molecule has 0 bridgehead atoms. The number of amides is 1. The number of hydrogen-bond acceptors (Lipinski definition) is 3. The molecule has 0 aliphatic heterocycles. The number of nitrogens with one attached hydrogen (secondary N) is 1. The van der Waals surface area contributed by atoms with Gasteiger partial charge in [-0.2, -0.15) is 0 Å². The van der Waals surface area contributed by atoms with E-state index in [1.54, 1.807) is 31.2 Å². The smallest absolute Gasteiger partial charge is 0.244 e. The molecule has 28 heavy (non-hydrogen) atoms. The van der Waals surface area contributed by atoms with Crippen LogP contribution in [0.15, 0.2) is 42.5 Å². The average Bonchev–Trinajstić information content (AvgIpc) is 2.60. The number of halogens is 1. The van der Waals surface area contributed by atoms with Crippen LogP contribution in [0.1, 0.15) is 43.0 Å². The highest BCUT2D eigenvalue weighted by molar-refractivity contribution is 7.92. The van der Waals surface area contributed by atoms with E-state index in [1.807, 2.05) is 32.9 Å². The van der Waals surface area contributed by atoms with Crippen molar-refractivity contribution in [1.29, 1.82) is 0 Å². The maximum absolute atomic E-state index is 12.9. The Morgan fingerprint density at radius 1 is 1.14 bits per heavy atom. The predicted octanol–water partition coefficient (Wildman–Crippen LogP) is 4.38. The standard InChI is InChI=1S/C21H27ClN2O3S/c1-6-20(19-12-7-14(2)13-15(19)3)23-21(25)16(4)24(28(5,26)27)18-10-8-17(22)9-11-18/h7-13,16,20H,6H2,1-5H3,(H,23,25)/t16-,20+/m1/s1. The molecule has 0 radical (unpaired) electrons. The van der Waals surface area contributed by atoms with Gasteiger partial charge in [-0.15, -0.1) is 0 Å². The van der Waals surface area contributed by atoms with Crippen molar-refractivity contribution in [1.82, 2.24) is 5.32 Å². The van der Waals surface area contributed by atoms with E-state index in [4.69, 9.17) is 11.6 Å². The Labute approximate surface area is 172 Å². The van der Waals surface area contributed by atoms with Gasteiger partial charge in [0.1, 0.15) is 6.04 Å². The number of carbonyl (C=O) groups is 1. The van der Waals surface area contributed by atoms with E-state index in [0.717, 1.165) is 27.3 Å². The molecule has 0 aliphatic rings. The summed E-state index contributed by atoms with van der Waals surface area (Å²) in [5.41, 5.74) is 3.68. The first kappa shape index (κ1) is 22.2. The maximum atomic E-state index is 12.9. The van der Waals surface area contributed by atoms with Crippen LogP contribution >= 0.6 is 11.6 Å². The number of rotatable bonds is 7. The lowest BCUT2D eigenvalue weighted by Gasteiger charge is -2.30. The summed E-state index contributed by atoms with van der Waals surface area (Å²) >= 11 is 5.91. The second kappa shape index (κ2) is 8.97. The van der Waals surface area contributed by atoms with Crippen molar-refractivity contribution in [2.24, 2.45) is 0 Å². The van der Waals surface area contributed by atoms with Crippen molar-refractivity contribution in [2.45, 2.75) is 46.2 Å². The lowest BCUT2D eigenvalue weighted by atomic mass is 9.97. The zero-order valence-electron chi connectivity index (χ0n) is 16.9. The van der Waals surface area contributed by atoms with E-state index in [0.29, 0.717) is 17.1 Å². The van der Waals surface area contributed by atoms with E-state index in [9.17, 15) is 13.2 Å². The highest BCUT2D eigenvalue weighted by Crippen LogP contribution is 2.25. The third kappa shape index (κ3) is 5.26. The van der Waals surface area contributed by atoms with Crippen molar-refractivity contribution >= 4 is 33.2 Å². The SMILES string of the molecule is CC[C@H](NC(=O)[C@@H](C)N(c1ccc(Cl)cc1)S(C)(=O)=O)c1ccc(C)cc1C. The van der Waals surface area contributed by atoms with Gasteiger partial charge in [-0.05, 0) is 62.6 Å². The Morgan fingerprint density at radius 2 is 1.75 bits per heavy atom. The number of sulfonamides is 1. The van der Waals surface area contributed by atoms with Gasteiger partial charge >= 0.3 is 0 Å². The number of carbonyl (C=O) groups excluding carboxylic acids is 1. The molecule has 2 aromatic rings. The molecule has 0 unspecified atom stereocenters. The topological polar surface area (TPSA) is 66.5 Å². The summed E-state index contributed by atoms with van der Waals surface area (Å²) in [4.78, 5) is 12.9. The Morgan fingerprint density at radius 3 is 2.25 bits per heavy atom. The van der Waals surface area contributed by atoms with E-state index < -0.39 is 16.1 Å². The quantitative estimate of drug-likeness (QED) is 0.720. The molecule has 0 fully saturated rings. The van der Waals surface area contributed by atoms with Crippen LogP contribution < -0.4 is 9.62 Å². The third-order valence-corrected chi connectivity index (χ3v) is 6.19. The molecule has 1 N–H and O–H groups in total. The summed E-state index contributed by atoms with van der Waals surface area (Å²) in [6, 6.07) is 11.4. The van der Waals surface area contributed by atoms with Gasteiger partial charge in [-0.3, -0.25) is 9.10 Å². The molecule has 5 nitrogen and oxygen atoms in total. The van der Waals surface area contributed by atoms with Gasteiger partial charge in [0.05, 0.1) is 18.0 Å².